The number of amides is 1. The first-order valence-corrected chi connectivity index (χ1v) is 9.27. The topological polar surface area (TPSA) is 80.5 Å². The number of carbonyl (C=O) groups excluding carboxylic acids is 1. The number of sulfonamides is 1. The van der Waals surface area contributed by atoms with Crippen molar-refractivity contribution in [2.24, 2.45) is 5.14 Å². The van der Waals surface area contributed by atoms with E-state index in [1.165, 1.54) is 12.1 Å². The Hall–Kier alpha value is -0.920. The van der Waals surface area contributed by atoms with Gasteiger partial charge in [-0.15, -0.1) is 0 Å². The van der Waals surface area contributed by atoms with Crippen LogP contribution in [-0.2, 0) is 10.0 Å². The highest BCUT2D eigenvalue weighted by Crippen LogP contribution is 2.26. The monoisotopic (exact) mass is 374 g/mol. The summed E-state index contributed by atoms with van der Waals surface area (Å²) >= 11 is 3.31. The van der Waals surface area contributed by atoms with Crippen molar-refractivity contribution in [3.63, 3.8) is 0 Å². The fraction of sp³-hybridized carbons (Fsp3) is 0.500. The molecule has 0 aliphatic carbocycles. The summed E-state index contributed by atoms with van der Waals surface area (Å²) in [6.07, 6.45) is 4.23. The Morgan fingerprint density at radius 1 is 1.19 bits per heavy atom. The first-order chi connectivity index (χ1) is 9.80. The quantitative estimate of drug-likeness (QED) is 0.862. The van der Waals surface area contributed by atoms with Crippen molar-refractivity contribution in [2.45, 2.75) is 37.5 Å². The molecule has 1 heterocycles. The molecular weight excluding hydrogens is 356 g/mol. The number of hydrogen-bond donors (Lipinski definition) is 1. The van der Waals surface area contributed by atoms with Gasteiger partial charge in [-0.25, -0.2) is 13.6 Å². The molecule has 1 saturated heterocycles. The minimum Gasteiger partial charge on any atom is -0.339 e. The molecule has 116 valence electrons. The van der Waals surface area contributed by atoms with Crippen LogP contribution in [0.3, 0.4) is 0 Å². The smallest absolute Gasteiger partial charge is 0.254 e. The summed E-state index contributed by atoms with van der Waals surface area (Å²) in [5.41, 5.74) is 1.13. The lowest BCUT2D eigenvalue weighted by atomic mass is 10.1. The normalized spacial score (nSPS) is 16.6. The zero-order valence-electron chi connectivity index (χ0n) is 11.9. The Morgan fingerprint density at radius 2 is 1.76 bits per heavy atom. The van der Waals surface area contributed by atoms with Crippen LogP contribution < -0.4 is 5.14 Å². The summed E-state index contributed by atoms with van der Waals surface area (Å²) in [7, 11) is -3.84. The van der Waals surface area contributed by atoms with Gasteiger partial charge in [-0.1, -0.05) is 28.8 Å². The lowest BCUT2D eigenvalue weighted by Crippen LogP contribution is -2.32. The molecule has 21 heavy (non-hydrogen) atoms. The first-order valence-electron chi connectivity index (χ1n) is 6.93. The van der Waals surface area contributed by atoms with E-state index < -0.39 is 10.0 Å². The van der Waals surface area contributed by atoms with Crippen molar-refractivity contribution in [1.82, 2.24) is 4.90 Å². The zero-order valence-corrected chi connectivity index (χ0v) is 14.3. The number of halogens is 1. The molecule has 7 heteroatoms. The molecule has 0 bridgehead atoms. The summed E-state index contributed by atoms with van der Waals surface area (Å²) in [4.78, 5) is 14.4. The largest absolute Gasteiger partial charge is 0.339 e. The van der Waals surface area contributed by atoms with E-state index >= 15 is 0 Å². The third kappa shape index (κ3) is 3.84. The Morgan fingerprint density at radius 3 is 2.29 bits per heavy atom. The molecule has 2 rings (SSSR count). The van der Waals surface area contributed by atoms with Gasteiger partial charge < -0.3 is 4.90 Å². The van der Waals surface area contributed by atoms with E-state index in [2.05, 4.69) is 15.9 Å². The van der Waals surface area contributed by atoms with Crippen LogP contribution in [-0.4, -0.2) is 32.3 Å². The molecule has 0 spiro atoms. The number of primary sulfonamides is 1. The van der Waals surface area contributed by atoms with Gasteiger partial charge in [0.05, 0.1) is 4.90 Å². The van der Waals surface area contributed by atoms with Crippen LogP contribution >= 0.6 is 15.9 Å². The van der Waals surface area contributed by atoms with Gasteiger partial charge in [0.25, 0.3) is 5.91 Å². The van der Waals surface area contributed by atoms with Gasteiger partial charge >= 0.3 is 0 Å². The second kappa shape index (κ2) is 6.46. The van der Waals surface area contributed by atoms with Gasteiger partial charge in [-0.3, -0.25) is 4.79 Å². The minimum absolute atomic E-state index is 0.0434. The summed E-state index contributed by atoms with van der Waals surface area (Å²) in [5, 5.41) is 5.17. The van der Waals surface area contributed by atoms with Crippen LogP contribution in [0.25, 0.3) is 0 Å². The summed E-state index contributed by atoms with van der Waals surface area (Å²) < 4.78 is 23.6. The summed E-state index contributed by atoms with van der Waals surface area (Å²) in [5.74, 6) is -0.124. The van der Waals surface area contributed by atoms with E-state index in [9.17, 15) is 13.2 Å². The van der Waals surface area contributed by atoms with Gasteiger partial charge in [0.2, 0.25) is 10.0 Å². The van der Waals surface area contributed by atoms with Crippen LogP contribution in [0.4, 0.5) is 0 Å². The van der Waals surface area contributed by atoms with Gasteiger partial charge in [0, 0.05) is 23.1 Å². The number of likely N-dealkylation sites (tertiary alicyclic amines) is 1. The Labute approximate surface area is 133 Å². The van der Waals surface area contributed by atoms with E-state index in [1.54, 1.807) is 11.8 Å². The lowest BCUT2D eigenvalue weighted by molar-refractivity contribution is 0.0760. The first kappa shape index (κ1) is 16.5. The number of nitrogens with two attached hydrogens (primary N) is 1. The molecular formula is C14H19BrN2O3S. The van der Waals surface area contributed by atoms with Gasteiger partial charge in [0.15, 0.2) is 0 Å². The Kier molecular flexibility index (Phi) is 5.06. The van der Waals surface area contributed by atoms with Crippen molar-refractivity contribution in [3.8, 4) is 0 Å². The molecule has 2 N–H and O–H groups in total. The molecule has 1 aromatic carbocycles. The number of hydrogen-bond acceptors (Lipinski definition) is 3. The van der Waals surface area contributed by atoms with Crippen molar-refractivity contribution >= 4 is 31.9 Å². The van der Waals surface area contributed by atoms with Crippen molar-refractivity contribution in [2.75, 3.05) is 13.1 Å². The average molecular weight is 375 g/mol. The van der Waals surface area contributed by atoms with Crippen molar-refractivity contribution < 1.29 is 13.2 Å². The van der Waals surface area contributed by atoms with Crippen LogP contribution in [0, 0.1) is 6.92 Å². The van der Waals surface area contributed by atoms with E-state index in [0.29, 0.717) is 10.0 Å². The minimum atomic E-state index is -3.84. The number of benzene rings is 1. The third-order valence-corrected chi connectivity index (χ3v) is 5.49. The highest BCUT2D eigenvalue weighted by atomic mass is 79.9. The second-order valence-corrected chi connectivity index (χ2v) is 7.74. The van der Waals surface area contributed by atoms with Crippen LogP contribution in [0.15, 0.2) is 21.5 Å². The van der Waals surface area contributed by atoms with Crippen LogP contribution in [0.1, 0.15) is 41.6 Å². The van der Waals surface area contributed by atoms with E-state index in [1.807, 2.05) is 0 Å². The maximum Gasteiger partial charge on any atom is 0.254 e. The summed E-state index contributed by atoms with van der Waals surface area (Å²) in [6, 6.07) is 2.81. The predicted octanol–water partition coefficient (Wildman–Crippen LogP) is 2.42. The average Bonchev–Trinajstić information content (AvgIpc) is 2.68. The fourth-order valence-electron chi connectivity index (χ4n) is 2.48. The fourth-order valence-corrected chi connectivity index (χ4v) is 3.66. The highest BCUT2D eigenvalue weighted by Gasteiger charge is 2.22. The molecule has 0 radical (unpaired) electrons. The zero-order chi connectivity index (χ0) is 15.6. The van der Waals surface area contributed by atoms with E-state index in [-0.39, 0.29) is 10.8 Å². The SMILES string of the molecule is Cc1c(Br)cc(S(N)(=O)=O)cc1C(=O)N1CCCCCC1. The maximum atomic E-state index is 12.7. The molecule has 5 nitrogen and oxygen atoms in total. The van der Waals surface area contributed by atoms with Gasteiger partial charge in [0.1, 0.15) is 0 Å². The molecule has 1 aliphatic rings. The van der Waals surface area contributed by atoms with E-state index in [4.69, 9.17) is 5.14 Å². The Bertz CT molecular complexity index is 650. The number of rotatable bonds is 2. The van der Waals surface area contributed by atoms with Crippen molar-refractivity contribution in [1.29, 1.82) is 0 Å². The van der Waals surface area contributed by atoms with Crippen LogP contribution in [0.5, 0.6) is 0 Å². The molecule has 1 fully saturated rings. The molecule has 0 aromatic heterocycles. The molecule has 1 aromatic rings. The Balaban J connectivity index is 2.42. The van der Waals surface area contributed by atoms with Crippen molar-refractivity contribution in [3.05, 3.63) is 27.7 Å². The number of nitrogens with zero attached hydrogens (tertiary/aromatic N) is 1. The number of carbonyl (C=O) groups is 1. The molecule has 1 amide bonds. The molecule has 0 saturated carbocycles. The lowest BCUT2D eigenvalue weighted by Gasteiger charge is -2.22. The van der Waals surface area contributed by atoms with Crippen LogP contribution in [0.2, 0.25) is 0 Å². The molecule has 1 aliphatic heterocycles. The third-order valence-electron chi connectivity index (χ3n) is 3.77. The second-order valence-electron chi connectivity index (χ2n) is 5.33. The summed E-state index contributed by atoms with van der Waals surface area (Å²) in [6.45, 7) is 3.23. The predicted molar refractivity (Wildman–Crippen MR) is 84.6 cm³/mol. The molecule has 0 unspecified atom stereocenters. The maximum absolute atomic E-state index is 12.7. The highest BCUT2D eigenvalue weighted by molar-refractivity contribution is 9.10. The van der Waals surface area contributed by atoms with E-state index in [0.717, 1.165) is 44.3 Å². The van der Waals surface area contributed by atoms with Gasteiger partial charge in [-0.05, 0) is 37.5 Å². The standard InChI is InChI=1S/C14H19BrN2O3S/c1-10-12(8-11(9-13(10)15)21(16,19)20)14(18)17-6-4-2-3-5-7-17/h8-9H,2-7H2,1H3,(H2,16,19,20). The molecule has 0 atom stereocenters. The van der Waals surface area contributed by atoms with Gasteiger partial charge in [-0.2, -0.15) is 0 Å².